The Bertz CT molecular complexity index is 119. The summed E-state index contributed by atoms with van der Waals surface area (Å²) < 4.78 is 9.68. The fraction of sp³-hybridized carbons (Fsp3) is 0.429. The SMILES string of the molecule is C=CC(C)=C(OC)OC. The molecule has 0 radical (unpaired) electrons. The molecular weight excluding hydrogens is 116 g/mol. The Morgan fingerprint density at radius 2 is 1.78 bits per heavy atom. The largest absolute Gasteiger partial charge is 0.469 e. The maximum Gasteiger partial charge on any atom is 0.281 e. The first-order chi connectivity index (χ1) is 4.26. The third-order valence-electron chi connectivity index (χ3n) is 0.999. The van der Waals surface area contributed by atoms with E-state index in [-0.39, 0.29) is 0 Å². The Balaban J connectivity index is 4.17. The van der Waals surface area contributed by atoms with E-state index in [4.69, 9.17) is 9.47 Å². The second kappa shape index (κ2) is 4.01. The quantitative estimate of drug-likeness (QED) is 0.425. The molecule has 0 aromatic carbocycles. The molecule has 0 atom stereocenters. The Kier molecular flexibility index (Phi) is 3.60. The van der Waals surface area contributed by atoms with Crippen molar-refractivity contribution in [3.63, 3.8) is 0 Å². The van der Waals surface area contributed by atoms with Crippen molar-refractivity contribution in [2.24, 2.45) is 0 Å². The van der Waals surface area contributed by atoms with Gasteiger partial charge < -0.3 is 9.47 Å². The fourth-order valence-corrected chi connectivity index (χ4v) is 0.489. The van der Waals surface area contributed by atoms with Crippen LogP contribution in [-0.2, 0) is 9.47 Å². The van der Waals surface area contributed by atoms with Gasteiger partial charge in [-0.15, -0.1) is 0 Å². The van der Waals surface area contributed by atoms with Gasteiger partial charge in [0.25, 0.3) is 5.95 Å². The van der Waals surface area contributed by atoms with Crippen molar-refractivity contribution in [1.29, 1.82) is 0 Å². The fourth-order valence-electron chi connectivity index (χ4n) is 0.489. The first-order valence-corrected chi connectivity index (χ1v) is 2.67. The number of methoxy groups -OCH3 is 2. The van der Waals surface area contributed by atoms with Gasteiger partial charge in [0, 0.05) is 5.57 Å². The van der Waals surface area contributed by atoms with E-state index in [1.807, 2.05) is 6.92 Å². The lowest BCUT2D eigenvalue weighted by Crippen LogP contribution is -1.91. The third-order valence-corrected chi connectivity index (χ3v) is 0.999. The van der Waals surface area contributed by atoms with Gasteiger partial charge in [0.15, 0.2) is 0 Å². The van der Waals surface area contributed by atoms with E-state index in [1.165, 1.54) is 0 Å². The van der Waals surface area contributed by atoms with Gasteiger partial charge in [-0.2, -0.15) is 0 Å². The van der Waals surface area contributed by atoms with E-state index >= 15 is 0 Å². The van der Waals surface area contributed by atoms with Crippen molar-refractivity contribution in [2.75, 3.05) is 14.2 Å². The zero-order valence-corrected chi connectivity index (χ0v) is 6.10. The first kappa shape index (κ1) is 8.08. The minimum absolute atomic E-state index is 0.519. The van der Waals surface area contributed by atoms with Gasteiger partial charge in [-0.25, -0.2) is 0 Å². The normalized spacial score (nSPS) is 7.89. The summed E-state index contributed by atoms with van der Waals surface area (Å²) in [5.74, 6) is 0.519. The van der Waals surface area contributed by atoms with Crippen molar-refractivity contribution >= 4 is 0 Å². The van der Waals surface area contributed by atoms with Gasteiger partial charge in [0.05, 0.1) is 14.2 Å². The molecule has 0 heterocycles. The second-order valence-corrected chi connectivity index (χ2v) is 1.58. The van der Waals surface area contributed by atoms with Crippen LogP contribution in [0.2, 0.25) is 0 Å². The molecule has 0 aromatic heterocycles. The molecule has 0 saturated carbocycles. The molecule has 0 rings (SSSR count). The number of hydrogen-bond acceptors (Lipinski definition) is 2. The van der Waals surface area contributed by atoms with Gasteiger partial charge in [0.2, 0.25) is 0 Å². The maximum atomic E-state index is 4.84. The molecule has 0 aliphatic heterocycles. The Labute approximate surface area is 55.8 Å². The van der Waals surface area contributed by atoms with Crippen LogP contribution in [0.1, 0.15) is 6.92 Å². The molecule has 9 heavy (non-hydrogen) atoms. The third kappa shape index (κ3) is 2.22. The van der Waals surface area contributed by atoms with Gasteiger partial charge in [-0.05, 0) is 6.92 Å². The molecule has 0 fully saturated rings. The van der Waals surface area contributed by atoms with Crippen LogP contribution in [0.4, 0.5) is 0 Å². The number of hydrogen-bond donors (Lipinski definition) is 0. The Morgan fingerprint density at radius 1 is 1.33 bits per heavy atom. The summed E-state index contributed by atoms with van der Waals surface area (Å²) in [7, 11) is 3.12. The predicted octanol–water partition coefficient (Wildman–Crippen LogP) is 1.70. The number of ether oxygens (including phenoxy) is 2. The van der Waals surface area contributed by atoms with E-state index in [2.05, 4.69) is 6.58 Å². The molecule has 0 saturated heterocycles. The van der Waals surface area contributed by atoms with Gasteiger partial charge in [0.1, 0.15) is 0 Å². The highest BCUT2D eigenvalue weighted by Gasteiger charge is 1.95. The molecule has 52 valence electrons. The molecular formula is C7H12O2. The van der Waals surface area contributed by atoms with E-state index in [1.54, 1.807) is 20.3 Å². The summed E-state index contributed by atoms with van der Waals surface area (Å²) in [5.41, 5.74) is 0.903. The molecule has 2 heteroatoms. The van der Waals surface area contributed by atoms with Crippen molar-refractivity contribution < 1.29 is 9.47 Å². The zero-order valence-electron chi connectivity index (χ0n) is 6.10. The van der Waals surface area contributed by atoms with Crippen LogP contribution in [0.5, 0.6) is 0 Å². The van der Waals surface area contributed by atoms with Crippen molar-refractivity contribution in [3.05, 3.63) is 24.2 Å². The van der Waals surface area contributed by atoms with Crippen molar-refractivity contribution in [3.8, 4) is 0 Å². The summed E-state index contributed by atoms with van der Waals surface area (Å²) in [6.45, 7) is 5.43. The molecule has 0 amide bonds. The molecule has 2 nitrogen and oxygen atoms in total. The van der Waals surface area contributed by atoms with Gasteiger partial charge >= 0.3 is 0 Å². The van der Waals surface area contributed by atoms with Crippen LogP contribution in [0.25, 0.3) is 0 Å². The Morgan fingerprint density at radius 3 is 1.89 bits per heavy atom. The van der Waals surface area contributed by atoms with Crippen LogP contribution in [-0.4, -0.2) is 14.2 Å². The van der Waals surface area contributed by atoms with Gasteiger partial charge in [-0.1, -0.05) is 12.7 Å². The minimum Gasteiger partial charge on any atom is -0.469 e. The summed E-state index contributed by atoms with van der Waals surface area (Å²) in [5, 5.41) is 0. The highest BCUT2D eigenvalue weighted by Crippen LogP contribution is 2.04. The Hall–Kier alpha value is -0.920. The lowest BCUT2D eigenvalue weighted by atomic mass is 10.3. The summed E-state index contributed by atoms with van der Waals surface area (Å²) in [4.78, 5) is 0. The second-order valence-electron chi connectivity index (χ2n) is 1.58. The molecule has 0 aromatic rings. The minimum atomic E-state index is 0.519. The summed E-state index contributed by atoms with van der Waals surface area (Å²) >= 11 is 0. The lowest BCUT2D eigenvalue weighted by Gasteiger charge is -2.04. The zero-order chi connectivity index (χ0) is 7.28. The van der Waals surface area contributed by atoms with Crippen LogP contribution < -0.4 is 0 Å². The van der Waals surface area contributed by atoms with Crippen molar-refractivity contribution in [1.82, 2.24) is 0 Å². The van der Waals surface area contributed by atoms with E-state index in [0.717, 1.165) is 5.57 Å². The summed E-state index contributed by atoms with van der Waals surface area (Å²) in [6, 6.07) is 0. The molecule has 0 N–H and O–H groups in total. The van der Waals surface area contributed by atoms with Crippen molar-refractivity contribution in [2.45, 2.75) is 6.92 Å². The van der Waals surface area contributed by atoms with Crippen LogP contribution >= 0.6 is 0 Å². The average molecular weight is 128 g/mol. The number of rotatable bonds is 3. The molecule has 0 aliphatic carbocycles. The van der Waals surface area contributed by atoms with Crippen LogP contribution in [0.15, 0.2) is 24.2 Å². The molecule has 0 spiro atoms. The topological polar surface area (TPSA) is 18.5 Å². The lowest BCUT2D eigenvalue weighted by molar-refractivity contribution is 0.0921. The van der Waals surface area contributed by atoms with Crippen LogP contribution in [0, 0.1) is 0 Å². The highest BCUT2D eigenvalue weighted by molar-refractivity contribution is 5.13. The average Bonchev–Trinajstić information content (AvgIpc) is 1.90. The van der Waals surface area contributed by atoms with E-state index < -0.39 is 0 Å². The standard InChI is InChI=1S/C7H12O2/c1-5-6(2)7(8-3)9-4/h5H,1H2,2-4H3. The highest BCUT2D eigenvalue weighted by atomic mass is 16.7. The van der Waals surface area contributed by atoms with E-state index in [0.29, 0.717) is 5.95 Å². The predicted molar refractivity (Wildman–Crippen MR) is 36.9 cm³/mol. The van der Waals surface area contributed by atoms with E-state index in [9.17, 15) is 0 Å². The van der Waals surface area contributed by atoms with Gasteiger partial charge in [-0.3, -0.25) is 0 Å². The smallest absolute Gasteiger partial charge is 0.281 e. The van der Waals surface area contributed by atoms with Crippen LogP contribution in [0.3, 0.4) is 0 Å². The molecule has 0 bridgehead atoms. The molecule has 0 aliphatic rings. The first-order valence-electron chi connectivity index (χ1n) is 2.67. The molecule has 0 unspecified atom stereocenters. The summed E-state index contributed by atoms with van der Waals surface area (Å²) in [6.07, 6.45) is 1.68. The number of allylic oxidation sites excluding steroid dienone is 2. The monoisotopic (exact) mass is 128 g/mol. The maximum absolute atomic E-state index is 4.84.